The van der Waals surface area contributed by atoms with E-state index in [0.717, 1.165) is 27.9 Å². The fourth-order valence-electron chi connectivity index (χ4n) is 3.03. The number of halogens is 2. The lowest BCUT2D eigenvalue weighted by Crippen LogP contribution is -2.11. The Kier molecular flexibility index (Phi) is 5.90. The Labute approximate surface area is 182 Å². The minimum absolute atomic E-state index is 0.224. The maximum atomic E-state index is 12.3. The molecule has 0 spiro atoms. The molecule has 0 aliphatic carbocycles. The van der Waals surface area contributed by atoms with Crippen molar-refractivity contribution in [1.29, 1.82) is 0 Å². The molecular weight excluding hydrogens is 427 g/mol. The van der Waals surface area contributed by atoms with E-state index in [4.69, 9.17) is 27.9 Å². The molecule has 4 rings (SSSR count). The predicted molar refractivity (Wildman–Crippen MR) is 121 cm³/mol. The van der Waals surface area contributed by atoms with E-state index in [2.05, 4.69) is 4.98 Å². The summed E-state index contributed by atoms with van der Waals surface area (Å²) in [6.45, 7) is 3.27. The van der Waals surface area contributed by atoms with E-state index in [1.807, 2.05) is 60.0 Å². The molecular formula is C22H18Cl2N2O2S. The highest BCUT2D eigenvalue weighted by Gasteiger charge is 2.13. The second-order valence-corrected chi connectivity index (χ2v) is 8.52. The molecule has 2 heterocycles. The summed E-state index contributed by atoms with van der Waals surface area (Å²) in [5, 5.41) is 1.25. The highest BCUT2D eigenvalue weighted by molar-refractivity contribution is 7.22. The Balaban J connectivity index is 1.72. The van der Waals surface area contributed by atoms with E-state index in [1.54, 1.807) is 6.33 Å². The molecule has 0 aliphatic heterocycles. The van der Waals surface area contributed by atoms with Crippen LogP contribution in [-0.2, 0) is 6.54 Å². The van der Waals surface area contributed by atoms with E-state index in [9.17, 15) is 4.79 Å². The second-order valence-electron chi connectivity index (χ2n) is 6.62. The van der Waals surface area contributed by atoms with Crippen LogP contribution in [0.2, 0.25) is 10.0 Å². The second kappa shape index (κ2) is 8.57. The van der Waals surface area contributed by atoms with Gasteiger partial charge in [0.1, 0.15) is 10.4 Å². The van der Waals surface area contributed by atoms with E-state index in [-0.39, 0.29) is 5.56 Å². The lowest BCUT2D eigenvalue weighted by molar-refractivity contribution is 0.317. The standard InChI is InChI=1S/C22H18Cl2N2O2S/c1-2-9-28-19-8-5-15(10-17(19)24)20-11-18-21(29-20)22(27)25-13-26(18)12-14-3-6-16(23)7-4-14/h3-8,10-11,13H,2,9,12H2,1H3. The number of hydrogen-bond acceptors (Lipinski definition) is 4. The van der Waals surface area contributed by atoms with Crippen LogP contribution in [0.25, 0.3) is 20.7 Å². The van der Waals surface area contributed by atoms with Crippen LogP contribution >= 0.6 is 34.5 Å². The van der Waals surface area contributed by atoms with Crippen LogP contribution in [0, 0.1) is 0 Å². The van der Waals surface area contributed by atoms with Gasteiger partial charge in [0.05, 0.1) is 23.5 Å². The van der Waals surface area contributed by atoms with Gasteiger partial charge in [-0.05, 0) is 53.9 Å². The van der Waals surface area contributed by atoms with Gasteiger partial charge in [-0.3, -0.25) is 4.79 Å². The summed E-state index contributed by atoms with van der Waals surface area (Å²) in [4.78, 5) is 17.3. The zero-order valence-corrected chi connectivity index (χ0v) is 18.0. The lowest BCUT2D eigenvalue weighted by atomic mass is 10.1. The van der Waals surface area contributed by atoms with Crippen molar-refractivity contribution in [2.45, 2.75) is 19.9 Å². The monoisotopic (exact) mass is 444 g/mol. The van der Waals surface area contributed by atoms with E-state index in [1.165, 1.54) is 11.3 Å². The molecule has 0 amide bonds. The highest BCUT2D eigenvalue weighted by atomic mass is 35.5. The molecule has 4 aromatic rings. The van der Waals surface area contributed by atoms with Crippen molar-refractivity contribution in [3.63, 3.8) is 0 Å². The normalized spacial score (nSPS) is 11.1. The Bertz CT molecular complexity index is 1220. The van der Waals surface area contributed by atoms with Gasteiger partial charge in [-0.15, -0.1) is 11.3 Å². The maximum absolute atomic E-state index is 12.3. The van der Waals surface area contributed by atoms with Crippen molar-refractivity contribution in [1.82, 2.24) is 9.55 Å². The number of nitrogens with zero attached hydrogens (tertiary/aromatic N) is 2. The van der Waals surface area contributed by atoms with Crippen LogP contribution in [0.5, 0.6) is 5.75 Å². The molecule has 0 fully saturated rings. The van der Waals surface area contributed by atoms with Crippen LogP contribution in [-0.4, -0.2) is 16.2 Å². The number of benzene rings is 2. The van der Waals surface area contributed by atoms with Gasteiger partial charge in [0.25, 0.3) is 5.56 Å². The summed E-state index contributed by atoms with van der Waals surface area (Å²) in [6, 6.07) is 15.4. The number of rotatable bonds is 6. The third kappa shape index (κ3) is 4.32. The minimum atomic E-state index is -0.224. The molecule has 0 saturated heterocycles. The summed E-state index contributed by atoms with van der Waals surface area (Å²) in [5.74, 6) is 0.669. The van der Waals surface area contributed by atoms with Gasteiger partial charge in [0.2, 0.25) is 0 Å². The van der Waals surface area contributed by atoms with Gasteiger partial charge < -0.3 is 9.30 Å². The Hall–Kier alpha value is -2.34. The zero-order valence-electron chi connectivity index (χ0n) is 15.7. The SMILES string of the molecule is CCCOc1ccc(-c2cc3c(s2)c(=O)ncn3Cc2ccc(Cl)cc2)cc1Cl. The van der Waals surface area contributed by atoms with Gasteiger partial charge >= 0.3 is 0 Å². The molecule has 2 aromatic carbocycles. The average Bonchev–Trinajstić information content (AvgIpc) is 3.17. The van der Waals surface area contributed by atoms with E-state index < -0.39 is 0 Å². The van der Waals surface area contributed by atoms with Crippen LogP contribution in [0.4, 0.5) is 0 Å². The first-order chi connectivity index (χ1) is 14.0. The van der Waals surface area contributed by atoms with Gasteiger partial charge in [0.15, 0.2) is 0 Å². The number of thiophene rings is 1. The van der Waals surface area contributed by atoms with Crippen LogP contribution in [0.15, 0.2) is 59.7 Å². The Morgan fingerprint density at radius 1 is 1.10 bits per heavy atom. The zero-order chi connectivity index (χ0) is 20.4. The molecule has 0 unspecified atom stereocenters. The fourth-order valence-corrected chi connectivity index (χ4v) is 4.45. The Morgan fingerprint density at radius 2 is 1.90 bits per heavy atom. The number of fused-ring (bicyclic) bond motifs is 1. The molecule has 148 valence electrons. The quantitative estimate of drug-likeness (QED) is 0.351. The molecule has 0 bridgehead atoms. The van der Waals surface area contributed by atoms with Gasteiger partial charge in [-0.2, -0.15) is 4.98 Å². The summed E-state index contributed by atoms with van der Waals surface area (Å²) in [5.41, 5.74) is 2.65. The van der Waals surface area contributed by atoms with Gasteiger partial charge in [-0.1, -0.05) is 42.3 Å². The summed E-state index contributed by atoms with van der Waals surface area (Å²) < 4.78 is 8.24. The first-order valence-corrected chi connectivity index (χ1v) is 10.8. The highest BCUT2D eigenvalue weighted by Crippen LogP contribution is 2.36. The molecule has 4 nitrogen and oxygen atoms in total. The first kappa shape index (κ1) is 20.0. The first-order valence-electron chi connectivity index (χ1n) is 9.21. The van der Waals surface area contributed by atoms with Crippen molar-refractivity contribution in [3.05, 3.63) is 80.8 Å². The topological polar surface area (TPSA) is 44.1 Å². The van der Waals surface area contributed by atoms with Crippen LogP contribution < -0.4 is 10.3 Å². The van der Waals surface area contributed by atoms with Crippen molar-refractivity contribution in [2.75, 3.05) is 6.61 Å². The van der Waals surface area contributed by atoms with Crippen molar-refractivity contribution in [2.24, 2.45) is 0 Å². The number of hydrogen-bond donors (Lipinski definition) is 0. The maximum Gasteiger partial charge on any atom is 0.290 e. The average molecular weight is 445 g/mol. The lowest BCUT2D eigenvalue weighted by Gasteiger charge is -2.08. The number of ether oxygens (including phenoxy) is 1. The van der Waals surface area contributed by atoms with Gasteiger partial charge in [0, 0.05) is 16.4 Å². The van der Waals surface area contributed by atoms with E-state index in [0.29, 0.717) is 33.6 Å². The van der Waals surface area contributed by atoms with Crippen molar-refractivity contribution < 1.29 is 4.74 Å². The Morgan fingerprint density at radius 3 is 2.62 bits per heavy atom. The van der Waals surface area contributed by atoms with Crippen molar-refractivity contribution >= 4 is 44.8 Å². The minimum Gasteiger partial charge on any atom is -0.492 e. The van der Waals surface area contributed by atoms with Crippen LogP contribution in [0.3, 0.4) is 0 Å². The molecule has 0 N–H and O–H groups in total. The molecule has 2 aromatic heterocycles. The molecule has 29 heavy (non-hydrogen) atoms. The smallest absolute Gasteiger partial charge is 0.290 e. The molecule has 0 saturated carbocycles. The third-order valence-electron chi connectivity index (χ3n) is 4.47. The van der Waals surface area contributed by atoms with Crippen molar-refractivity contribution in [3.8, 4) is 16.2 Å². The van der Waals surface area contributed by atoms with Gasteiger partial charge in [-0.25, -0.2) is 0 Å². The predicted octanol–water partition coefficient (Wildman–Crippen LogP) is 6.27. The summed E-state index contributed by atoms with van der Waals surface area (Å²) in [7, 11) is 0. The number of aromatic nitrogens is 2. The largest absolute Gasteiger partial charge is 0.492 e. The van der Waals surface area contributed by atoms with Crippen LogP contribution in [0.1, 0.15) is 18.9 Å². The van der Waals surface area contributed by atoms with E-state index >= 15 is 0 Å². The molecule has 0 radical (unpaired) electrons. The fraction of sp³-hybridized carbons (Fsp3) is 0.182. The molecule has 7 heteroatoms. The summed E-state index contributed by atoms with van der Waals surface area (Å²) in [6.07, 6.45) is 2.51. The third-order valence-corrected chi connectivity index (χ3v) is 6.18. The summed E-state index contributed by atoms with van der Waals surface area (Å²) >= 11 is 13.8. The molecule has 0 atom stereocenters. The molecule has 0 aliphatic rings.